The third-order valence-corrected chi connectivity index (χ3v) is 11.1. The molecule has 3 aliphatic heterocycles. The molecule has 0 radical (unpaired) electrons. The molecule has 3 fully saturated rings. The molecule has 7 heterocycles. The van der Waals surface area contributed by atoms with Crippen molar-refractivity contribution in [3.8, 4) is 0 Å². The van der Waals surface area contributed by atoms with Crippen molar-refractivity contribution in [1.82, 2.24) is 61.5 Å². The second-order valence-electron chi connectivity index (χ2n) is 10.6. The van der Waals surface area contributed by atoms with E-state index in [1.165, 1.54) is 21.8 Å². The van der Waals surface area contributed by atoms with Gasteiger partial charge in [-0.2, -0.15) is 9.97 Å². The number of nitrogen functional groups attached to an aromatic ring is 2. The van der Waals surface area contributed by atoms with Crippen molar-refractivity contribution in [2.75, 3.05) is 24.7 Å². The molecule has 24 nitrogen and oxygen atoms in total. The van der Waals surface area contributed by atoms with Crippen molar-refractivity contribution in [1.29, 1.82) is 0 Å². The number of hydrogen-bond acceptors (Lipinski definition) is 19. The lowest BCUT2D eigenvalue weighted by Crippen LogP contribution is -2.47. The summed E-state index contributed by atoms with van der Waals surface area (Å²) in [6.45, 7) is -9.12. The fourth-order valence-corrected chi connectivity index (χ4v) is 8.91. The van der Waals surface area contributed by atoms with E-state index >= 15 is 0 Å². The molecule has 0 bridgehead atoms. The average molecular weight is 754 g/mol. The van der Waals surface area contributed by atoms with Crippen LogP contribution in [0.15, 0.2) is 22.2 Å². The van der Waals surface area contributed by atoms with Crippen LogP contribution >= 0.6 is 13.4 Å². The Kier molecular flexibility index (Phi) is 9.92. The van der Waals surface area contributed by atoms with Crippen LogP contribution in [0.4, 0.5) is 11.9 Å². The molecule has 10 atom stereocenters. The summed E-state index contributed by atoms with van der Waals surface area (Å²) in [6.07, 6.45) is -5.38. The molecule has 264 valence electrons. The molecule has 0 amide bonds. The molecular formula is C20H31N14O10P2S2-. The van der Waals surface area contributed by atoms with E-state index in [2.05, 4.69) is 40.1 Å². The summed E-state index contributed by atoms with van der Waals surface area (Å²) >= 11 is 10.6. The number of nitrogens with one attached hydrogen (secondary N) is 4. The molecule has 0 aromatic carbocycles. The van der Waals surface area contributed by atoms with Crippen LogP contribution in [0.1, 0.15) is 12.5 Å². The van der Waals surface area contributed by atoms with E-state index in [1.54, 1.807) is 0 Å². The van der Waals surface area contributed by atoms with Gasteiger partial charge in [0.2, 0.25) is 11.9 Å². The van der Waals surface area contributed by atoms with Crippen LogP contribution < -0.4 is 45.1 Å². The van der Waals surface area contributed by atoms with Gasteiger partial charge in [-0.1, -0.05) is 0 Å². The van der Waals surface area contributed by atoms with Crippen LogP contribution in [-0.2, 0) is 47.1 Å². The lowest BCUT2D eigenvalue weighted by Gasteiger charge is -2.35. The second-order valence-corrected chi connectivity index (χ2v) is 16.6. The van der Waals surface area contributed by atoms with Crippen LogP contribution in [0.25, 0.3) is 22.3 Å². The summed E-state index contributed by atoms with van der Waals surface area (Å²) < 4.78 is 39.3. The van der Waals surface area contributed by atoms with Gasteiger partial charge in [0.1, 0.15) is 31.1 Å². The fraction of sp³-hybridized carbons (Fsp3) is 0.500. The van der Waals surface area contributed by atoms with Crippen molar-refractivity contribution in [3.05, 3.63) is 33.4 Å². The Bertz CT molecular complexity index is 1920. The minimum absolute atomic E-state index is 0. The third-order valence-electron chi connectivity index (χ3n) is 7.64. The van der Waals surface area contributed by atoms with Crippen molar-refractivity contribution >= 4 is 71.6 Å². The van der Waals surface area contributed by atoms with E-state index < -0.39 is 86.7 Å². The van der Waals surface area contributed by atoms with Gasteiger partial charge < -0.3 is 74.2 Å². The first-order valence-electron chi connectivity index (χ1n) is 13.3. The summed E-state index contributed by atoms with van der Waals surface area (Å²) in [4.78, 5) is 56.5. The first kappa shape index (κ1) is 36.4. The summed E-state index contributed by atoms with van der Waals surface area (Å²) in [5.41, 5.74) is 9.98. The standard InChI is InChI=1S/C20H26N12O10P2S2.2H3N/c21-19-25-13-9(15(35)27-19)23-3-31(13)17-11(33)7-5(41-17)1-39-43(37,45)30-8-6(2-40-44(38,46)29-7)42-18(12(8)34)32-4-24-10-14(32)26-20(22)28-16(10)36;;/h3-8,11-12,17-18,33-34H,1-2H2,(H2,29,38,46)(H2,30,37,45)(H3,21,25,27,35)(H3,22,26,28,36);2*1H3/p-1/t5-,6-,7-,8-,11-,12-,17-,18-,43?,44?;;/m1../s1. The minimum atomic E-state index is -4.19. The minimum Gasteiger partial charge on any atom is -0.673 e. The van der Waals surface area contributed by atoms with Gasteiger partial charge in [0.05, 0.1) is 38.0 Å². The van der Waals surface area contributed by atoms with E-state index in [0.717, 1.165) is 0 Å². The molecule has 0 saturated carbocycles. The number of ether oxygens (including phenoxy) is 2. The number of aliphatic hydroxyl groups excluding tert-OH is 2. The Labute approximate surface area is 278 Å². The van der Waals surface area contributed by atoms with Gasteiger partial charge in [-0.15, -0.1) is 0 Å². The zero-order valence-electron chi connectivity index (χ0n) is 24.4. The summed E-state index contributed by atoms with van der Waals surface area (Å²) in [5.74, 6) is -0.410. The first-order chi connectivity index (χ1) is 21.7. The van der Waals surface area contributed by atoms with Crippen molar-refractivity contribution < 1.29 is 38.2 Å². The highest BCUT2D eigenvalue weighted by Crippen LogP contribution is 2.48. The molecule has 17 N–H and O–H groups in total. The van der Waals surface area contributed by atoms with E-state index in [9.17, 15) is 29.3 Å². The molecule has 48 heavy (non-hydrogen) atoms. The maximum absolute atomic E-state index is 13.5. The Hall–Kier alpha value is -2.91. The number of hydrogen-bond donors (Lipinski definition) is 11. The number of aliphatic hydroxyl groups is 2. The molecule has 0 spiro atoms. The SMILES string of the molecule is N.N.Nc1nc2c(ncn2[C@@H]2O[C@@H]3COP(O)(=S)N[C@H]4[C@@H](O)[C@H](n5cnc6c(=O)[nH]c(N)nc65)O[C@@H]4COP(=O)([S-])N[C@H]3[C@H]2O)c(=O)[nH]1. The number of imidazole rings is 2. The Morgan fingerprint density at radius 1 is 0.854 bits per heavy atom. The number of fused-ring (bicyclic) bond motifs is 4. The van der Waals surface area contributed by atoms with E-state index in [0.29, 0.717) is 0 Å². The van der Waals surface area contributed by atoms with Crippen LogP contribution in [0, 0.1) is 0 Å². The zero-order valence-corrected chi connectivity index (χ0v) is 27.8. The van der Waals surface area contributed by atoms with Gasteiger partial charge in [0.25, 0.3) is 17.8 Å². The Balaban J connectivity index is 0.00000225. The number of rotatable bonds is 2. The van der Waals surface area contributed by atoms with Crippen molar-refractivity contribution in [2.45, 2.75) is 49.0 Å². The molecule has 2 unspecified atom stereocenters. The van der Waals surface area contributed by atoms with Gasteiger partial charge >= 0.3 is 0 Å². The second kappa shape index (κ2) is 13.1. The van der Waals surface area contributed by atoms with Crippen LogP contribution in [-0.4, -0.2) is 104 Å². The third kappa shape index (κ3) is 6.41. The van der Waals surface area contributed by atoms with Gasteiger partial charge in [-0.25, -0.2) is 15.1 Å². The van der Waals surface area contributed by atoms with Gasteiger partial charge in [-0.05, 0) is 11.8 Å². The quantitative estimate of drug-likeness (QED) is 0.0722. The Morgan fingerprint density at radius 2 is 1.29 bits per heavy atom. The van der Waals surface area contributed by atoms with Crippen LogP contribution in [0.5, 0.6) is 0 Å². The van der Waals surface area contributed by atoms with Crippen molar-refractivity contribution in [3.63, 3.8) is 0 Å². The highest BCUT2D eigenvalue weighted by molar-refractivity contribution is 8.33. The molecule has 3 aliphatic rings. The van der Waals surface area contributed by atoms with Crippen molar-refractivity contribution in [2.24, 2.45) is 0 Å². The van der Waals surface area contributed by atoms with Gasteiger partial charge in [0.15, 0.2) is 34.8 Å². The van der Waals surface area contributed by atoms with E-state index in [1.807, 2.05) is 0 Å². The predicted octanol–water partition coefficient (Wildman–Crippen LogP) is -2.91. The Morgan fingerprint density at radius 3 is 1.77 bits per heavy atom. The number of anilines is 2. The topological polar surface area (TPSA) is 388 Å². The largest absolute Gasteiger partial charge is 0.673 e. The molecule has 4 aromatic rings. The maximum atomic E-state index is 13.5. The smallest absolute Gasteiger partial charge is 0.280 e. The number of H-pyrrole nitrogens is 2. The summed E-state index contributed by atoms with van der Waals surface area (Å²) in [5, 5.41) is 27.9. The predicted molar refractivity (Wildman–Crippen MR) is 172 cm³/mol. The summed E-state index contributed by atoms with van der Waals surface area (Å²) in [6, 6.07) is -2.40. The number of nitrogens with two attached hydrogens (primary N) is 2. The highest BCUT2D eigenvalue weighted by atomic mass is 32.7. The molecular weight excluding hydrogens is 722 g/mol. The molecule has 4 aromatic heterocycles. The van der Waals surface area contributed by atoms with E-state index in [4.69, 9.17) is 54.0 Å². The molecule has 7 rings (SSSR count). The average Bonchev–Trinajstić information content (AvgIpc) is 3.72. The van der Waals surface area contributed by atoms with Gasteiger partial charge in [0, 0.05) is 0 Å². The molecule has 28 heteroatoms. The number of nitrogens with zero attached hydrogens (tertiary/aromatic N) is 6. The monoisotopic (exact) mass is 753 g/mol. The van der Waals surface area contributed by atoms with Crippen LogP contribution in [0.2, 0.25) is 0 Å². The number of aromatic amines is 2. The zero-order chi connectivity index (χ0) is 32.7. The maximum Gasteiger partial charge on any atom is 0.280 e. The molecule has 3 saturated heterocycles. The summed E-state index contributed by atoms with van der Waals surface area (Å²) in [7, 11) is 0. The highest BCUT2D eigenvalue weighted by Gasteiger charge is 2.50. The lowest BCUT2D eigenvalue weighted by molar-refractivity contribution is -0.0467. The first-order valence-corrected chi connectivity index (χ1v) is 18.6. The van der Waals surface area contributed by atoms with Gasteiger partial charge in [-0.3, -0.25) is 33.8 Å². The normalized spacial score (nSPS) is 35.6. The van der Waals surface area contributed by atoms with Crippen LogP contribution in [0.3, 0.4) is 0 Å². The fourth-order valence-electron chi connectivity index (χ4n) is 5.60. The lowest BCUT2D eigenvalue weighted by atomic mass is 10.1. The van der Waals surface area contributed by atoms with E-state index in [-0.39, 0.29) is 46.5 Å². The molecule has 0 aliphatic carbocycles. The number of aromatic nitrogens is 8.